The minimum Gasteiger partial charge on any atom is -0.316 e. The smallest absolute Gasteiger partial charge is 0.202 e. The van der Waals surface area contributed by atoms with E-state index in [9.17, 15) is 0 Å². The molecule has 0 saturated heterocycles. The fourth-order valence-corrected chi connectivity index (χ4v) is 2.94. The largest absolute Gasteiger partial charge is 0.316 e. The molecule has 25 heavy (non-hydrogen) atoms. The topological polar surface area (TPSA) is 30.3 Å². The third kappa shape index (κ3) is 3.50. The second kappa shape index (κ2) is 6.98. The lowest BCUT2D eigenvalue weighted by Crippen LogP contribution is -2.39. The summed E-state index contributed by atoms with van der Waals surface area (Å²) < 4.78 is 0. The van der Waals surface area contributed by atoms with Crippen molar-refractivity contribution >= 4 is 28.1 Å². The summed E-state index contributed by atoms with van der Waals surface area (Å²) in [5, 5.41) is 11.0. The Bertz CT molecular complexity index is 881. The summed E-state index contributed by atoms with van der Waals surface area (Å²) >= 11 is 0. The van der Waals surface area contributed by atoms with Crippen LogP contribution in [0.15, 0.2) is 66.7 Å². The molecule has 3 nitrogen and oxygen atoms in total. The SMILES string of the molecule is CC(C)c1ccc(N(C)C(=N)N(C)c2ccc3ccccc3c2)cc1. The Balaban J connectivity index is 1.82. The van der Waals surface area contributed by atoms with Crippen LogP contribution in [0.4, 0.5) is 11.4 Å². The highest BCUT2D eigenvalue weighted by Crippen LogP contribution is 2.24. The number of hydrogen-bond donors (Lipinski definition) is 1. The van der Waals surface area contributed by atoms with Crippen molar-refractivity contribution in [2.45, 2.75) is 19.8 Å². The molecule has 3 rings (SSSR count). The summed E-state index contributed by atoms with van der Waals surface area (Å²) in [5.41, 5.74) is 3.34. The van der Waals surface area contributed by atoms with E-state index in [-0.39, 0.29) is 0 Å². The number of nitrogens with one attached hydrogen (secondary N) is 1. The molecule has 0 aliphatic carbocycles. The normalized spacial score (nSPS) is 10.9. The molecule has 1 N–H and O–H groups in total. The Labute approximate surface area is 150 Å². The molecule has 3 heteroatoms. The lowest BCUT2D eigenvalue weighted by molar-refractivity contribution is 0.866. The maximum absolute atomic E-state index is 8.57. The zero-order chi connectivity index (χ0) is 18.0. The van der Waals surface area contributed by atoms with Gasteiger partial charge in [-0.1, -0.05) is 56.3 Å². The number of anilines is 2. The summed E-state index contributed by atoms with van der Waals surface area (Å²) in [6.07, 6.45) is 0. The van der Waals surface area contributed by atoms with Gasteiger partial charge in [-0.25, -0.2) is 0 Å². The Morgan fingerprint density at radius 1 is 0.760 bits per heavy atom. The first-order chi connectivity index (χ1) is 12.0. The zero-order valence-corrected chi connectivity index (χ0v) is 15.3. The van der Waals surface area contributed by atoms with Crippen LogP contribution < -0.4 is 9.80 Å². The van der Waals surface area contributed by atoms with Gasteiger partial charge in [-0.15, -0.1) is 0 Å². The Morgan fingerprint density at radius 2 is 1.32 bits per heavy atom. The minimum absolute atomic E-state index is 0.438. The van der Waals surface area contributed by atoms with Crippen molar-refractivity contribution in [3.8, 4) is 0 Å². The average Bonchev–Trinajstić information content (AvgIpc) is 2.65. The highest BCUT2D eigenvalue weighted by molar-refractivity contribution is 6.05. The van der Waals surface area contributed by atoms with Gasteiger partial charge in [0.05, 0.1) is 0 Å². The predicted octanol–water partition coefficient (Wildman–Crippen LogP) is 5.47. The van der Waals surface area contributed by atoms with Gasteiger partial charge in [0, 0.05) is 25.5 Å². The summed E-state index contributed by atoms with van der Waals surface area (Å²) in [6, 6.07) is 23.0. The van der Waals surface area contributed by atoms with E-state index in [1.54, 1.807) is 0 Å². The van der Waals surface area contributed by atoms with E-state index >= 15 is 0 Å². The first-order valence-electron chi connectivity index (χ1n) is 8.62. The summed E-state index contributed by atoms with van der Waals surface area (Å²) in [6.45, 7) is 4.38. The van der Waals surface area contributed by atoms with E-state index in [0.29, 0.717) is 11.9 Å². The quantitative estimate of drug-likeness (QED) is 0.509. The molecule has 0 fully saturated rings. The van der Waals surface area contributed by atoms with E-state index in [2.05, 4.69) is 68.4 Å². The van der Waals surface area contributed by atoms with Crippen molar-refractivity contribution in [2.24, 2.45) is 0 Å². The van der Waals surface area contributed by atoms with Crippen LogP contribution in [-0.4, -0.2) is 20.1 Å². The van der Waals surface area contributed by atoms with Gasteiger partial charge < -0.3 is 9.80 Å². The van der Waals surface area contributed by atoms with Crippen molar-refractivity contribution in [3.05, 3.63) is 72.3 Å². The van der Waals surface area contributed by atoms with Gasteiger partial charge >= 0.3 is 0 Å². The van der Waals surface area contributed by atoms with Crippen LogP contribution in [0.1, 0.15) is 25.3 Å². The number of guanidine groups is 1. The molecule has 0 aliphatic rings. The Morgan fingerprint density at radius 3 is 1.96 bits per heavy atom. The molecule has 3 aromatic carbocycles. The van der Waals surface area contributed by atoms with Crippen molar-refractivity contribution < 1.29 is 0 Å². The van der Waals surface area contributed by atoms with Gasteiger partial charge in [0.1, 0.15) is 0 Å². The second-order valence-electron chi connectivity index (χ2n) is 6.72. The number of hydrogen-bond acceptors (Lipinski definition) is 1. The molecule has 0 aliphatic heterocycles. The molecule has 0 unspecified atom stereocenters. The maximum atomic E-state index is 8.57. The first-order valence-corrected chi connectivity index (χ1v) is 8.62. The van der Waals surface area contributed by atoms with Gasteiger partial charge in [0.15, 0.2) is 0 Å². The molecule has 128 valence electrons. The van der Waals surface area contributed by atoms with E-state index in [4.69, 9.17) is 5.41 Å². The van der Waals surface area contributed by atoms with Crippen LogP contribution in [0.25, 0.3) is 10.8 Å². The van der Waals surface area contributed by atoms with E-state index in [1.807, 2.05) is 36.0 Å². The summed E-state index contributed by atoms with van der Waals surface area (Å²) in [4.78, 5) is 3.81. The van der Waals surface area contributed by atoms with Crippen molar-refractivity contribution in [1.82, 2.24) is 0 Å². The van der Waals surface area contributed by atoms with Crippen LogP contribution in [-0.2, 0) is 0 Å². The third-order valence-corrected chi connectivity index (χ3v) is 4.70. The molecule has 0 atom stereocenters. The standard InChI is InChI=1S/C22H25N3/c1-16(2)17-9-12-20(13-10-17)24(3)22(23)25(4)21-14-11-18-7-5-6-8-19(18)15-21/h5-16,23H,1-4H3. The molecule has 0 bridgehead atoms. The Kier molecular flexibility index (Phi) is 4.75. The predicted molar refractivity (Wildman–Crippen MR) is 109 cm³/mol. The van der Waals surface area contributed by atoms with Crippen LogP contribution in [0.3, 0.4) is 0 Å². The fourth-order valence-electron chi connectivity index (χ4n) is 2.94. The summed E-state index contributed by atoms with van der Waals surface area (Å²) in [5.74, 6) is 0.951. The van der Waals surface area contributed by atoms with Crippen molar-refractivity contribution in [2.75, 3.05) is 23.9 Å². The molecular formula is C22H25N3. The first kappa shape index (κ1) is 17.0. The lowest BCUT2D eigenvalue weighted by atomic mass is 10.0. The van der Waals surface area contributed by atoms with E-state index in [0.717, 1.165) is 11.4 Å². The molecule has 0 aromatic heterocycles. The van der Waals surface area contributed by atoms with Gasteiger partial charge in [-0.2, -0.15) is 0 Å². The molecule has 0 spiro atoms. The highest BCUT2D eigenvalue weighted by Gasteiger charge is 2.14. The second-order valence-corrected chi connectivity index (χ2v) is 6.72. The number of nitrogens with zero attached hydrogens (tertiary/aromatic N) is 2. The highest BCUT2D eigenvalue weighted by atomic mass is 15.3. The van der Waals surface area contributed by atoms with Gasteiger partial charge in [0.2, 0.25) is 5.96 Å². The summed E-state index contributed by atoms with van der Waals surface area (Å²) in [7, 11) is 3.87. The number of rotatable bonds is 3. The molecule has 0 heterocycles. The lowest BCUT2D eigenvalue weighted by Gasteiger charge is -2.28. The van der Waals surface area contributed by atoms with Crippen molar-refractivity contribution in [3.63, 3.8) is 0 Å². The average molecular weight is 331 g/mol. The minimum atomic E-state index is 0.438. The Hall–Kier alpha value is -2.81. The molecule has 0 radical (unpaired) electrons. The molecule has 0 amide bonds. The van der Waals surface area contributed by atoms with Crippen molar-refractivity contribution in [1.29, 1.82) is 5.41 Å². The van der Waals surface area contributed by atoms with Gasteiger partial charge in [0.25, 0.3) is 0 Å². The van der Waals surface area contributed by atoms with E-state index < -0.39 is 0 Å². The fraction of sp³-hybridized carbons (Fsp3) is 0.227. The number of benzene rings is 3. The van der Waals surface area contributed by atoms with E-state index in [1.165, 1.54) is 16.3 Å². The third-order valence-electron chi connectivity index (χ3n) is 4.70. The molecule has 0 saturated carbocycles. The molecular weight excluding hydrogens is 306 g/mol. The monoisotopic (exact) mass is 331 g/mol. The van der Waals surface area contributed by atoms with Crippen LogP contribution >= 0.6 is 0 Å². The maximum Gasteiger partial charge on any atom is 0.202 e. The van der Waals surface area contributed by atoms with Crippen LogP contribution in [0.5, 0.6) is 0 Å². The van der Waals surface area contributed by atoms with Crippen LogP contribution in [0.2, 0.25) is 0 Å². The van der Waals surface area contributed by atoms with Gasteiger partial charge in [-0.05, 0) is 46.5 Å². The van der Waals surface area contributed by atoms with Crippen LogP contribution in [0, 0.1) is 5.41 Å². The zero-order valence-electron chi connectivity index (χ0n) is 15.3. The van der Waals surface area contributed by atoms with Gasteiger partial charge in [-0.3, -0.25) is 5.41 Å². The number of fused-ring (bicyclic) bond motifs is 1. The molecule has 3 aromatic rings.